The van der Waals surface area contributed by atoms with E-state index in [9.17, 15) is 0 Å². The second-order valence-electron chi connectivity index (χ2n) is 4.96. The van der Waals surface area contributed by atoms with Crippen LogP contribution in [0.5, 0.6) is 0 Å². The molecule has 2 N–H and O–H groups in total. The molecule has 1 aliphatic rings. The number of nitrogen functional groups attached to an aromatic ring is 1. The molecule has 0 saturated carbocycles. The minimum absolute atomic E-state index is 0.508. The Bertz CT molecular complexity index is 347. The van der Waals surface area contributed by atoms with Crippen molar-refractivity contribution in [2.24, 2.45) is 0 Å². The summed E-state index contributed by atoms with van der Waals surface area (Å²) in [5.41, 5.74) is 6.48. The van der Waals surface area contributed by atoms with E-state index in [-0.39, 0.29) is 0 Å². The van der Waals surface area contributed by atoms with Crippen LogP contribution in [-0.2, 0) is 0 Å². The van der Waals surface area contributed by atoms with Crippen LogP contribution in [0.2, 0.25) is 0 Å². The number of nitrogens with zero attached hydrogens (tertiary/aromatic N) is 3. The largest absolute Gasteiger partial charge is 0.396 e. The summed E-state index contributed by atoms with van der Waals surface area (Å²) in [7, 11) is 2.23. The Morgan fingerprint density at radius 3 is 2.81 bits per heavy atom. The summed E-state index contributed by atoms with van der Waals surface area (Å²) in [5.74, 6) is 0. The van der Waals surface area contributed by atoms with Crippen molar-refractivity contribution in [3.63, 3.8) is 0 Å². The van der Waals surface area contributed by atoms with E-state index >= 15 is 0 Å². The fraction of sp³-hybridized carbons (Fsp3) is 0.750. The average Bonchev–Trinajstić information content (AvgIpc) is 2.69. The average molecular weight is 222 g/mol. The monoisotopic (exact) mass is 222 g/mol. The number of piperidine rings is 1. The van der Waals surface area contributed by atoms with Crippen molar-refractivity contribution in [3.8, 4) is 0 Å². The number of nitrogens with two attached hydrogens (primary N) is 1. The molecule has 0 radical (unpaired) electrons. The van der Waals surface area contributed by atoms with Crippen molar-refractivity contribution in [3.05, 3.63) is 12.4 Å². The Kier molecular flexibility index (Phi) is 3.19. The molecule has 0 spiro atoms. The molecule has 1 fully saturated rings. The van der Waals surface area contributed by atoms with Gasteiger partial charge in [0.05, 0.1) is 17.9 Å². The molecule has 0 aliphatic carbocycles. The number of aromatic nitrogens is 2. The minimum Gasteiger partial charge on any atom is -0.396 e. The van der Waals surface area contributed by atoms with Gasteiger partial charge in [0.25, 0.3) is 0 Å². The molecule has 0 bridgehead atoms. The lowest BCUT2D eigenvalue weighted by Crippen LogP contribution is -2.45. The molecule has 0 amide bonds. The molecule has 0 aromatic carbocycles. The summed E-state index contributed by atoms with van der Waals surface area (Å²) in [4.78, 5) is 2.49. The lowest BCUT2D eigenvalue weighted by molar-refractivity contribution is 0.0842. The highest BCUT2D eigenvalue weighted by Gasteiger charge is 2.30. The number of hydrogen-bond acceptors (Lipinski definition) is 3. The SMILES string of the molecule is CCC1CC(n2cc(N)cn2)CC(C)N1C. The van der Waals surface area contributed by atoms with Crippen LogP contribution in [0.4, 0.5) is 5.69 Å². The zero-order valence-electron chi connectivity index (χ0n) is 10.4. The quantitative estimate of drug-likeness (QED) is 0.831. The number of anilines is 1. The summed E-state index contributed by atoms with van der Waals surface area (Å²) in [6.07, 6.45) is 7.24. The first-order valence-corrected chi connectivity index (χ1v) is 6.13. The molecular weight excluding hydrogens is 200 g/mol. The van der Waals surface area contributed by atoms with Gasteiger partial charge in [-0.25, -0.2) is 0 Å². The van der Waals surface area contributed by atoms with Crippen LogP contribution in [-0.4, -0.2) is 33.8 Å². The number of likely N-dealkylation sites (tertiary alicyclic amines) is 1. The van der Waals surface area contributed by atoms with Crippen molar-refractivity contribution in [1.29, 1.82) is 0 Å². The van der Waals surface area contributed by atoms with Gasteiger partial charge in [-0.3, -0.25) is 4.68 Å². The van der Waals surface area contributed by atoms with E-state index in [0.717, 1.165) is 12.1 Å². The van der Waals surface area contributed by atoms with Crippen LogP contribution < -0.4 is 5.73 Å². The molecule has 3 atom stereocenters. The van der Waals surface area contributed by atoms with Gasteiger partial charge in [-0.15, -0.1) is 0 Å². The number of hydrogen-bond donors (Lipinski definition) is 1. The topological polar surface area (TPSA) is 47.1 Å². The zero-order chi connectivity index (χ0) is 11.7. The Labute approximate surface area is 97.4 Å². The van der Waals surface area contributed by atoms with E-state index in [1.807, 2.05) is 10.9 Å². The van der Waals surface area contributed by atoms with Crippen LogP contribution >= 0.6 is 0 Å². The summed E-state index contributed by atoms with van der Waals surface area (Å²) < 4.78 is 2.04. The molecule has 1 aromatic rings. The summed E-state index contributed by atoms with van der Waals surface area (Å²) in [6, 6.07) is 1.79. The van der Waals surface area contributed by atoms with Gasteiger partial charge in [0.2, 0.25) is 0 Å². The van der Waals surface area contributed by atoms with Crippen molar-refractivity contribution in [2.75, 3.05) is 12.8 Å². The first kappa shape index (κ1) is 11.5. The van der Waals surface area contributed by atoms with E-state index < -0.39 is 0 Å². The molecule has 2 rings (SSSR count). The van der Waals surface area contributed by atoms with Crippen molar-refractivity contribution >= 4 is 5.69 Å². The van der Waals surface area contributed by atoms with Crippen LogP contribution in [0.1, 0.15) is 39.2 Å². The van der Waals surface area contributed by atoms with Gasteiger partial charge in [-0.1, -0.05) is 6.92 Å². The lowest BCUT2D eigenvalue weighted by atomic mass is 9.91. The lowest BCUT2D eigenvalue weighted by Gasteiger charge is -2.41. The standard InChI is InChI=1S/C12H22N4/c1-4-11-6-12(5-9(2)15(11)3)16-8-10(13)7-14-16/h7-9,11-12H,4-6,13H2,1-3H3. The fourth-order valence-electron chi connectivity index (χ4n) is 2.72. The second kappa shape index (κ2) is 4.45. The zero-order valence-corrected chi connectivity index (χ0v) is 10.4. The van der Waals surface area contributed by atoms with E-state index in [4.69, 9.17) is 5.73 Å². The van der Waals surface area contributed by atoms with Gasteiger partial charge >= 0.3 is 0 Å². The number of rotatable bonds is 2. The highest BCUT2D eigenvalue weighted by atomic mass is 15.3. The Hall–Kier alpha value is -1.03. The van der Waals surface area contributed by atoms with E-state index in [1.165, 1.54) is 12.8 Å². The van der Waals surface area contributed by atoms with Gasteiger partial charge in [-0.2, -0.15) is 5.10 Å². The van der Waals surface area contributed by atoms with Crippen molar-refractivity contribution in [1.82, 2.24) is 14.7 Å². The molecule has 90 valence electrons. The Morgan fingerprint density at radius 1 is 1.50 bits per heavy atom. The highest BCUT2D eigenvalue weighted by molar-refractivity contribution is 5.30. The molecule has 3 unspecified atom stereocenters. The van der Waals surface area contributed by atoms with Gasteiger partial charge in [0.1, 0.15) is 0 Å². The first-order valence-electron chi connectivity index (χ1n) is 6.13. The first-order chi connectivity index (χ1) is 7.61. The predicted molar refractivity (Wildman–Crippen MR) is 66.2 cm³/mol. The maximum absolute atomic E-state index is 5.72. The Balaban J connectivity index is 2.12. The molecule has 4 nitrogen and oxygen atoms in total. The fourth-order valence-corrected chi connectivity index (χ4v) is 2.72. The predicted octanol–water partition coefficient (Wildman–Crippen LogP) is 1.90. The third-order valence-electron chi connectivity index (χ3n) is 3.90. The van der Waals surface area contributed by atoms with Crippen LogP contribution in [0.15, 0.2) is 12.4 Å². The maximum atomic E-state index is 5.72. The Morgan fingerprint density at radius 2 is 2.25 bits per heavy atom. The summed E-state index contributed by atoms with van der Waals surface area (Å²) in [5, 5.41) is 4.34. The highest BCUT2D eigenvalue weighted by Crippen LogP contribution is 2.31. The van der Waals surface area contributed by atoms with E-state index in [0.29, 0.717) is 18.1 Å². The smallest absolute Gasteiger partial charge is 0.0719 e. The molecule has 1 aliphatic heterocycles. The summed E-state index contributed by atoms with van der Waals surface area (Å²) >= 11 is 0. The van der Waals surface area contributed by atoms with Crippen molar-refractivity contribution < 1.29 is 0 Å². The van der Waals surface area contributed by atoms with Gasteiger partial charge in [0.15, 0.2) is 0 Å². The van der Waals surface area contributed by atoms with E-state index in [1.54, 1.807) is 6.20 Å². The third-order valence-corrected chi connectivity index (χ3v) is 3.90. The molecule has 16 heavy (non-hydrogen) atoms. The van der Waals surface area contributed by atoms with Gasteiger partial charge in [0, 0.05) is 18.3 Å². The summed E-state index contributed by atoms with van der Waals surface area (Å²) in [6.45, 7) is 4.55. The molecule has 1 saturated heterocycles. The second-order valence-corrected chi connectivity index (χ2v) is 4.96. The molecule has 1 aromatic heterocycles. The minimum atomic E-state index is 0.508. The van der Waals surface area contributed by atoms with Gasteiger partial charge in [-0.05, 0) is 33.2 Å². The maximum Gasteiger partial charge on any atom is 0.0719 e. The molecular formula is C12H22N4. The van der Waals surface area contributed by atoms with Crippen molar-refractivity contribution in [2.45, 2.75) is 51.2 Å². The van der Waals surface area contributed by atoms with E-state index in [2.05, 4.69) is 30.9 Å². The normalized spacial score (nSPS) is 31.8. The van der Waals surface area contributed by atoms with Crippen LogP contribution in [0, 0.1) is 0 Å². The van der Waals surface area contributed by atoms with Crippen LogP contribution in [0.3, 0.4) is 0 Å². The molecule has 4 heteroatoms. The van der Waals surface area contributed by atoms with Gasteiger partial charge < -0.3 is 10.6 Å². The van der Waals surface area contributed by atoms with Crippen LogP contribution in [0.25, 0.3) is 0 Å². The third kappa shape index (κ3) is 2.07. The molecule has 2 heterocycles.